The van der Waals surface area contributed by atoms with E-state index in [1.165, 1.54) is 6.42 Å². The minimum absolute atomic E-state index is 0.139. The first-order valence-electron chi connectivity index (χ1n) is 5.29. The minimum Gasteiger partial charge on any atom is -0.465 e. The summed E-state index contributed by atoms with van der Waals surface area (Å²) in [5, 5.41) is 11.1. The molecule has 0 aromatic rings. The Balaban J connectivity index is 2.17. The molecule has 0 aromatic carbocycles. The molecule has 1 rings (SSSR count). The molecule has 1 heterocycles. The number of carboxylic acid groups (broad SMARTS) is 1. The molecule has 0 saturated carbocycles. The number of nitrogens with zero attached hydrogens (tertiary/aromatic N) is 1. The van der Waals surface area contributed by atoms with Gasteiger partial charge in [0.05, 0.1) is 0 Å². The van der Waals surface area contributed by atoms with Crippen LogP contribution in [0.4, 0.5) is 4.79 Å². The van der Waals surface area contributed by atoms with Crippen LogP contribution in [0.3, 0.4) is 0 Å². The van der Waals surface area contributed by atoms with Gasteiger partial charge < -0.3 is 15.3 Å². The number of hydrogen-bond acceptors (Lipinski definition) is 2. The molecule has 1 saturated heterocycles. The van der Waals surface area contributed by atoms with E-state index in [-0.39, 0.29) is 6.04 Å². The Kier molecular flexibility index (Phi) is 4.20. The average molecular weight is 200 g/mol. The Bertz CT molecular complexity index is 195. The Morgan fingerprint density at radius 2 is 2.36 bits per heavy atom. The lowest BCUT2D eigenvalue weighted by Crippen LogP contribution is -2.36. The van der Waals surface area contributed by atoms with Gasteiger partial charge in [-0.25, -0.2) is 4.79 Å². The van der Waals surface area contributed by atoms with Crippen LogP contribution in [0.5, 0.6) is 0 Å². The van der Waals surface area contributed by atoms with E-state index in [0.717, 1.165) is 32.0 Å². The number of rotatable bonds is 4. The van der Waals surface area contributed by atoms with Gasteiger partial charge in [0.15, 0.2) is 0 Å². The van der Waals surface area contributed by atoms with Crippen molar-refractivity contribution in [2.75, 3.05) is 19.6 Å². The van der Waals surface area contributed by atoms with Crippen molar-refractivity contribution in [3.8, 4) is 0 Å². The van der Waals surface area contributed by atoms with Crippen molar-refractivity contribution in [3.05, 3.63) is 0 Å². The highest BCUT2D eigenvalue weighted by molar-refractivity contribution is 5.64. The third-order valence-corrected chi connectivity index (χ3v) is 2.62. The summed E-state index contributed by atoms with van der Waals surface area (Å²) < 4.78 is 0. The summed E-state index contributed by atoms with van der Waals surface area (Å²) in [6.07, 6.45) is 1.24. The molecule has 1 atom stereocenters. The largest absolute Gasteiger partial charge is 0.465 e. The smallest absolute Gasteiger partial charge is 0.404 e. The number of likely N-dealkylation sites (tertiary alicyclic amines) is 1. The van der Waals surface area contributed by atoms with E-state index in [4.69, 9.17) is 5.11 Å². The highest BCUT2D eigenvalue weighted by Crippen LogP contribution is 2.11. The van der Waals surface area contributed by atoms with Crippen molar-refractivity contribution >= 4 is 6.09 Å². The van der Waals surface area contributed by atoms with E-state index < -0.39 is 6.09 Å². The number of nitrogens with one attached hydrogen (secondary N) is 1. The van der Waals surface area contributed by atoms with Gasteiger partial charge in [0.1, 0.15) is 0 Å². The van der Waals surface area contributed by atoms with Gasteiger partial charge in [-0.05, 0) is 25.3 Å². The van der Waals surface area contributed by atoms with Gasteiger partial charge in [0.25, 0.3) is 0 Å². The molecule has 1 fully saturated rings. The Morgan fingerprint density at radius 1 is 1.64 bits per heavy atom. The molecule has 1 unspecified atom stereocenters. The van der Waals surface area contributed by atoms with Crippen LogP contribution in [0.15, 0.2) is 0 Å². The van der Waals surface area contributed by atoms with E-state index in [0.29, 0.717) is 0 Å². The van der Waals surface area contributed by atoms with E-state index in [1.807, 2.05) is 0 Å². The van der Waals surface area contributed by atoms with E-state index in [2.05, 4.69) is 24.1 Å². The molecule has 0 bridgehead atoms. The number of carbonyl (C=O) groups is 1. The number of hydrogen-bond donors (Lipinski definition) is 2. The molecule has 0 spiro atoms. The Labute approximate surface area is 85.3 Å². The van der Waals surface area contributed by atoms with Crippen LogP contribution in [-0.4, -0.2) is 41.8 Å². The van der Waals surface area contributed by atoms with Crippen molar-refractivity contribution < 1.29 is 9.90 Å². The first-order chi connectivity index (χ1) is 6.58. The van der Waals surface area contributed by atoms with Crippen LogP contribution < -0.4 is 5.32 Å². The summed E-state index contributed by atoms with van der Waals surface area (Å²) in [6.45, 7) is 7.41. The molecule has 0 aliphatic carbocycles. The first-order valence-corrected chi connectivity index (χ1v) is 5.29. The lowest BCUT2D eigenvalue weighted by atomic mass is 10.1. The summed E-state index contributed by atoms with van der Waals surface area (Å²) in [5.74, 6) is 0.724. The zero-order valence-corrected chi connectivity index (χ0v) is 8.99. The van der Waals surface area contributed by atoms with Crippen molar-refractivity contribution in [2.24, 2.45) is 5.92 Å². The molecule has 1 aliphatic rings. The van der Waals surface area contributed by atoms with E-state index in [9.17, 15) is 4.79 Å². The molecule has 1 amide bonds. The van der Waals surface area contributed by atoms with Crippen molar-refractivity contribution in [2.45, 2.75) is 32.7 Å². The standard InChI is InChI=1S/C10H20N2O2/c1-8(2)3-5-12-6-4-9(7-12)11-10(13)14/h8-9,11H,3-7H2,1-2H3,(H,13,14). The summed E-state index contributed by atoms with van der Waals surface area (Å²) in [4.78, 5) is 12.7. The molecule has 2 N–H and O–H groups in total. The second-order valence-corrected chi connectivity index (χ2v) is 4.42. The van der Waals surface area contributed by atoms with Gasteiger partial charge in [-0.2, -0.15) is 0 Å². The highest BCUT2D eigenvalue weighted by Gasteiger charge is 2.23. The van der Waals surface area contributed by atoms with Crippen LogP contribution in [0.25, 0.3) is 0 Å². The predicted molar refractivity (Wildman–Crippen MR) is 55.5 cm³/mol. The summed E-state index contributed by atoms with van der Waals surface area (Å²) >= 11 is 0. The second-order valence-electron chi connectivity index (χ2n) is 4.42. The molecular weight excluding hydrogens is 180 g/mol. The zero-order valence-electron chi connectivity index (χ0n) is 8.99. The van der Waals surface area contributed by atoms with Crippen LogP contribution in [-0.2, 0) is 0 Å². The lowest BCUT2D eigenvalue weighted by molar-refractivity contribution is 0.189. The molecule has 4 nitrogen and oxygen atoms in total. The maximum absolute atomic E-state index is 10.4. The normalized spacial score (nSPS) is 22.9. The Hall–Kier alpha value is -0.770. The van der Waals surface area contributed by atoms with Gasteiger partial charge in [0, 0.05) is 19.1 Å². The van der Waals surface area contributed by atoms with Gasteiger partial charge in [-0.15, -0.1) is 0 Å². The van der Waals surface area contributed by atoms with E-state index in [1.54, 1.807) is 0 Å². The Morgan fingerprint density at radius 3 is 2.93 bits per heavy atom. The second kappa shape index (κ2) is 5.20. The maximum Gasteiger partial charge on any atom is 0.404 e. The van der Waals surface area contributed by atoms with Crippen LogP contribution >= 0.6 is 0 Å². The van der Waals surface area contributed by atoms with E-state index >= 15 is 0 Å². The molecule has 82 valence electrons. The first kappa shape index (κ1) is 11.3. The van der Waals surface area contributed by atoms with Gasteiger partial charge in [-0.1, -0.05) is 13.8 Å². The molecule has 1 aliphatic heterocycles. The minimum atomic E-state index is -0.902. The van der Waals surface area contributed by atoms with Crippen LogP contribution in [0, 0.1) is 5.92 Å². The topological polar surface area (TPSA) is 52.6 Å². The molecular formula is C10H20N2O2. The fraction of sp³-hybridized carbons (Fsp3) is 0.900. The van der Waals surface area contributed by atoms with Gasteiger partial charge in [0.2, 0.25) is 0 Å². The molecule has 4 heteroatoms. The lowest BCUT2D eigenvalue weighted by Gasteiger charge is -2.16. The van der Waals surface area contributed by atoms with Gasteiger partial charge in [-0.3, -0.25) is 0 Å². The molecule has 0 radical (unpaired) electrons. The zero-order chi connectivity index (χ0) is 10.6. The van der Waals surface area contributed by atoms with Crippen molar-refractivity contribution in [1.29, 1.82) is 0 Å². The average Bonchev–Trinajstić information content (AvgIpc) is 2.47. The third kappa shape index (κ3) is 3.96. The number of amides is 1. The fourth-order valence-corrected chi connectivity index (χ4v) is 1.77. The van der Waals surface area contributed by atoms with Crippen LogP contribution in [0.2, 0.25) is 0 Å². The fourth-order valence-electron chi connectivity index (χ4n) is 1.77. The monoisotopic (exact) mass is 200 g/mol. The quantitative estimate of drug-likeness (QED) is 0.720. The summed E-state index contributed by atoms with van der Waals surface area (Å²) in [5.41, 5.74) is 0. The van der Waals surface area contributed by atoms with Crippen LogP contribution in [0.1, 0.15) is 26.7 Å². The predicted octanol–water partition coefficient (Wildman–Crippen LogP) is 1.37. The van der Waals surface area contributed by atoms with Crippen molar-refractivity contribution in [3.63, 3.8) is 0 Å². The maximum atomic E-state index is 10.4. The highest BCUT2D eigenvalue weighted by atomic mass is 16.4. The summed E-state index contributed by atoms with van der Waals surface area (Å²) in [6, 6.07) is 0.139. The third-order valence-electron chi connectivity index (χ3n) is 2.62. The summed E-state index contributed by atoms with van der Waals surface area (Å²) in [7, 11) is 0. The van der Waals surface area contributed by atoms with Gasteiger partial charge >= 0.3 is 6.09 Å². The molecule has 0 aromatic heterocycles. The molecule has 14 heavy (non-hydrogen) atoms. The van der Waals surface area contributed by atoms with Crippen molar-refractivity contribution in [1.82, 2.24) is 10.2 Å². The SMILES string of the molecule is CC(C)CCN1CCC(NC(=O)O)C1.